The number of anilines is 1. The van der Waals surface area contributed by atoms with Gasteiger partial charge in [-0.1, -0.05) is 11.6 Å². The number of hydrogen-bond donors (Lipinski definition) is 2. The fourth-order valence-corrected chi connectivity index (χ4v) is 2.21. The lowest BCUT2D eigenvalue weighted by Gasteiger charge is -2.17. The molecule has 0 aromatic carbocycles. The number of carbonyl (C=O) groups excluding carboxylic acids is 1. The van der Waals surface area contributed by atoms with Gasteiger partial charge in [0.1, 0.15) is 5.82 Å². The third-order valence-corrected chi connectivity index (χ3v) is 3.30. The van der Waals surface area contributed by atoms with Crippen LogP contribution in [-0.2, 0) is 4.79 Å². The van der Waals surface area contributed by atoms with Crippen LogP contribution in [0.3, 0.4) is 0 Å². The molecular weight excluding hydrogens is 270 g/mol. The van der Waals surface area contributed by atoms with Crippen molar-refractivity contribution in [2.45, 2.75) is 13.3 Å². The quantitative estimate of drug-likeness (QED) is 0.869. The second kappa shape index (κ2) is 5.44. The lowest BCUT2D eigenvalue weighted by molar-refractivity contribution is -0.141. The Kier molecular flexibility index (Phi) is 3.90. The number of carbonyl (C=O) groups is 2. The number of aromatic nitrogens is 1. The number of aryl methyl sites for hydroxylation is 1. The predicted octanol–water partition coefficient (Wildman–Crippen LogP) is 1.98. The number of halogens is 1. The van der Waals surface area contributed by atoms with Crippen molar-refractivity contribution in [2.24, 2.45) is 5.92 Å². The molecule has 2 rings (SSSR count). The molecule has 0 saturated carbocycles. The molecule has 7 heteroatoms. The minimum atomic E-state index is -0.865. The minimum absolute atomic E-state index is 0.230. The summed E-state index contributed by atoms with van der Waals surface area (Å²) in [6.45, 7) is 2.46. The third kappa shape index (κ3) is 3.14. The van der Waals surface area contributed by atoms with E-state index in [1.54, 1.807) is 13.0 Å². The highest BCUT2D eigenvalue weighted by molar-refractivity contribution is 6.30. The fraction of sp³-hybridized carbons (Fsp3) is 0.417. The zero-order valence-electron chi connectivity index (χ0n) is 10.4. The summed E-state index contributed by atoms with van der Waals surface area (Å²) in [6, 6.07) is 1.37. The highest BCUT2D eigenvalue weighted by atomic mass is 35.5. The van der Waals surface area contributed by atoms with Crippen LogP contribution in [0.4, 0.5) is 10.6 Å². The van der Waals surface area contributed by atoms with Gasteiger partial charge in [0.25, 0.3) is 0 Å². The lowest BCUT2D eigenvalue weighted by Crippen LogP contribution is -2.34. The van der Waals surface area contributed by atoms with Crippen molar-refractivity contribution >= 4 is 29.4 Å². The molecule has 1 aromatic heterocycles. The van der Waals surface area contributed by atoms with Crippen LogP contribution in [0.5, 0.6) is 0 Å². The zero-order valence-corrected chi connectivity index (χ0v) is 11.1. The summed E-state index contributed by atoms with van der Waals surface area (Å²) >= 11 is 5.78. The number of hydrogen-bond acceptors (Lipinski definition) is 3. The third-order valence-electron chi connectivity index (χ3n) is 3.09. The smallest absolute Gasteiger partial charge is 0.323 e. The van der Waals surface area contributed by atoms with E-state index in [4.69, 9.17) is 16.7 Å². The standard InChI is InChI=1S/C12H14ClN3O3/c1-7-4-9(13)5-14-10(7)15-12(19)16-3-2-8(6-16)11(17)18/h4-5,8H,2-3,6H2,1H3,(H,17,18)(H,14,15,19). The minimum Gasteiger partial charge on any atom is -0.481 e. The van der Waals surface area contributed by atoms with Crippen LogP contribution in [0.25, 0.3) is 0 Å². The Morgan fingerprint density at radius 2 is 2.32 bits per heavy atom. The molecule has 102 valence electrons. The van der Waals surface area contributed by atoms with Crippen LogP contribution in [0.15, 0.2) is 12.3 Å². The van der Waals surface area contributed by atoms with E-state index in [-0.39, 0.29) is 12.6 Å². The number of aliphatic carboxylic acids is 1. The number of nitrogens with zero attached hydrogens (tertiary/aromatic N) is 2. The Morgan fingerprint density at radius 3 is 2.89 bits per heavy atom. The number of pyridine rings is 1. The summed E-state index contributed by atoms with van der Waals surface area (Å²) in [5, 5.41) is 12.1. The molecule has 2 N–H and O–H groups in total. The summed E-state index contributed by atoms with van der Waals surface area (Å²) < 4.78 is 0. The predicted molar refractivity (Wildman–Crippen MR) is 70.3 cm³/mol. The van der Waals surface area contributed by atoms with E-state index >= 15 is 0 Å². The van der Waals surface area contributed by atoms with Gasteiger partial charge in [0.05, 0.1) is 10.9 Å². The molecule has 1 unspecified atom stereocenters. The molecule has 1 aliphatic rings. The summed E-state index contributed by atoms with van der Waals surface area (Å²) in [6.07, 6.45) is 1.93. The highest BCUT2D eigenvalue weighted by Gasteiger charge is 2.31. The van der Waals surface area contributed by atoms with Gasteiger partial charge in [0, 0.05) is 19.3 Å². The summed E-state index contributed by atoms with van der Waals surface area (Å²) in [4.78, 5) is 28.3. The van der Waals surface area contributed by atoms with Crippen molar-refractivity contribution in [1.82, 2.24) is 9.88 Å². The molecule has 0 bridgehead atoms. The molecule has 19 heavy (non-hydrogen) atoms. The molecule has 2 heterocycles. The van der Waals surface area contributed by atoms with Crippen molar-refractivity contribution < 1.29 is 14.7 Å². The maximum atomic E-state index is 12.0. The van der Waals surface area contributed by atoms with Crippen LogP contribution >= 0.6 is 11.6 Å². The number of likely N-dealkylation sites (tertiary alicyclic amines) is 1. The van der Waals surface area contributed by atoms with Gasteiger partial charge in [-0.3, -0.25) is 10.1 Å². The highest BCUT2D eigenvalue weighted by Crippen LogP contribution is 2.20. The summed E-state index contributed by atoms with van der Waals surface area (Å²) in [5.74, 6) is -0.908. The number of rotatable bonds is 2. The van der Waals surface area contributed by atoms with Crippen molar-refractivity contribution in [3.8, 4) is 0 Å². The largest absolute Gasteiger partial charge is 0.481 e. The first-order valence-corrected chi connectivity index (χ1v) is 6.26. The fourth-order valence-electron chi connectivity index (χ4n) is 2.00. The molecule has 0 spiro atoms. The van der Waals surface area contributed by atoms with Crippen LogP contribution in [0, 0.1) is 12.8 Å². The molecule has 1 aromatic rings. The molecule has 1 aliphatic heterocycles. The number of nitrogens with one attached hydrogen (secondary N) is 1. The van der Waals surface area contributed by atoms with E-state index in [0.29, 0.717) is 23.8 Å². The maximum absolute atomic E-state index is 12.0. The van der Waals surface area contributed by atoms with Crippen LogP contribution in [-0.4, -0.2) is 40.1 Å². The zero-order chi connectivity index (χ0) is 14.0. The van der Waals surface area contributed by atoms with Gasteiger partial charge in [0.15, 0.2) is 0 Å². The van der Waals surface area contributed by atoms with Crippen LogP contribution in [0.2, 0.25) is 5.02 Å². The van der Waals surface area contributed by atoms with E-state index < -0.39 is 11.9 Å². The number of urea groups is 1. The van der Waals surface area contributed by atoms with Crippen LogP contribution in [0.1, 0.15) is 12.0 Å². The average Bonchev–Trinajstić information content (AvgIpc) is 2.82. The van der Waals surface area contributed by atoms with E-state index in [2.05, 4.69) is 10.3 Å². The molecular formula is C12H14ClN3O3. The van der Waals surface area contributed by atoms with Gasteiger partial charge in [-0.05, 0) is 25.0 Å². The first-order chi connectivity index (χ1) is 8.97. The number of carboxylic acids is 1. The van der Waals surface area contributed by atoms with Gasteiger partial charge in [0.2, 0.25) is 0 Å². The van der Waals surface area contributed by atoms with Crippen molar-refractivity contribution in [3.05, 3.63) is 22.8 Å². The number of carboxylic acid groups (broad SMARTS) is 1. The van der Waals surface area contributed by atoms with Crippen molar-refractivity contribution in [1.29, 1.82) is 0 Å². The van der Waals surface area contributed by atoms with Gasteiger partial charge in [-0.15, -0.1) is 0 Å². The Hall–Kier alpha value is -1.82. The van der Waals surface area contributed by atoms with Gasteiger partial charge in [-0.2, -0.15) is 0 Å². The summed E-state index contributed by atoms with van der Waals surface area (Å²) in [7, 11) is 0. The number of amides is 2. The normalized spacial score (nSPS) is 18.4. The van der Waals surface area contributed by atoms with Crippen molar-refractivity contribution in [3.63, 3.8) is 0 Å². The van der Waals surface area contributed by atoms with E-state index in [1.165, 1.54) is 11.1 Å². The second-order valence-electron chi connectivity index (χ2n) is 4.52. The molecule has 1 atom stereocenters. The maximum Gasteiger partial charge on any atom is 0.323 e. The lowest BCUT2D eigenvalue weighted by atomic mass is 10.1. The first-order valence-electron chi connectivity index (χ1n) is 5.88. The Labute approximate surface area is 115 Å². The topological polar surface area (TPSA) is 82.5 Å². The van der Waals surface area contributed by atoms with Gasteiger partial charge in [-0.25, -0.2) is 9.78 Å². The van der Waals surface area contributed by atoms with Gasteiger partial charge >= 0.3 is 12.0 Å². The SMILES string of the molecule is Cc1cc(Cl)cnc1NC(=O)N1CCC(C(=O)O)C1. The van der Waals surface area contributed by atoms with Gasteiger partial charge < -0.3 is 10.0 Å². The Morgan fingerprint density at radius 1 is 1.58 bits per heavy atom. The monoisotopic (exact) mass is 283 g/mol. The second-order valence-corrected chi connectivity index (χ2v) is 4.96. The molecule has 0 radical (unpaired) electrons. The van der Waals surface area contributed by atoms with E-state index in [9.17, 15) is 9.59 Å². The van der Waals surface area contributed by atoms with Crippen LogP contribution < -0.4 is 5.32 Å². The summed E-state index contributed by atoms with van der Waals surface area (Å²) in [5.41, 5.74) is 0.759. The van der Waals surface area contributed by atoms with E-state index in [0.717, 1.165) is 5.56 Å². The molecule has 1 fully saturated rings. The molecule has 1 saturated heterocycles. The van der Waals surface area contributed by atoms with Crippen molar-refractivity contribution in [2.75, 3.05) is 18.4 Å². The average molecular weight is 284 g/mol. The van der Waals surface area contributed by atoms with E-state index in [1.807, 2.05) is 0 Å². The molecule has 0 aliphatic carbocycles. The first kappa shape index (κ1) is 13.6. The molecule has 2 amide bonds. The molecule has 6 nitrogen and oxygen atoms in total. The Bertz CT molecular complexity index is 521. The Balaban J connectivity index is 2.00.